The Labute approximate surface area is 142 Å². The van der Waals surface area contributed by atoms with Crippen LogP contribution >= 0.6 is 0 Å². The predicted molar refractivity (Wildman–Crippen MR) is 94.6 cm³/mol. The van der Waals surface area contributed by atoms with Crippen LogP contribution in [0.15, 0.2) is 0 Å². The molecule has 3 nitrogen and oxygen atoms in total. The maximum atomic E-state index is 12.3. The van der Waals surface area contributed by atoms with Crippen LogP contribution < -0.4 is 0 Å². The van der Waals surface area contributed by atoms with E-state index in [4.69, 9.17) is 0 Å². The van der Waals surface area contributed by atoms with Gasteiger partial charge < -0.3 is 5.11 Å². The van der Waals surface area contributed by atoms with E-state index in [0.29, 0.717) is 19.3 Å². The second-order valence-electron chi connectivity index (χ2n) is 7.35. The number of carboxylic acids is 1. The Morgan fingerprint density at radius 3 is 2.04 bits per heavy atom. The van der Waals surface area contributed by atoms with Crippen LogP contribution in [0.2, 0.25) is 0 Å². The fraction of sp³-hybridized carbons (Fsp3) is 0.900. The van der Waals surface area contributed by atoms with Crippen molar-refractivity contribution in [3.8, 4) is 0 Å². The van der Waals surface area contributed by atoms with Crippen molar-refractivity contribution in [1.29, 1.82) is 0 Å². The quantitative estimate of drug-likeness (QED) is 0.438. The number of Topliss-reactive ketones (excluding diaryl/α,β-unsaturated/α-hetero) is 1. The number of aliphatic carboxylic acids is 1. The Hall–Kier alpha value is -0.860. The summed E-state index contributed by atoms with van der Waals surface area (Å²) < 4.78 is 0. The predicted octanol–water partition coefficient (Wildman–Crippen LogP) is 5.76. The van der Waals surface area contributed by atoms with Gasteiger partial charge in [-0.1, -0.05) is 71.6 Å². The number of carbonyl (C=O) groups is 2. The van der Waals surface area contributed by atoms with Gasteiger partial charge in [0.2, 0.25) is 0 Å². The van der Waals surface area contributed by atoms with Crippen LogP contribution in [-0.4, -0.2) is 16.9 Å². The van der Waals surface area contributed by atoms with E-state index < -0.39 is 11.4 Å². The molecule has 0 spiro atoms. The molecule has 1 fully saturated rings. The second kappa shape index (κ2) is 10.8. The molecule has 2 unspecified atom stereocenters. The largest absolute Gasteiger partial charge is 0.481 e. The Morgan fingerprint density at radius 1 is 1.00 bits per heavy atom. The number of rotatable bonds is 13. The van der Waals surface area contributed by atoms with Crippen LogP contribution in [0.1, 0.15) is 104 Å². The van der Waals surface area contributed by atoms with Gasteiger partial charge in [0.1, 0.15) is 5.78 Å². The first-order chi connectivity index (χ1) is 11.1. The van der Waals surface area contributed by atoms with Gasteiger partial charge in [-0.3, -0.25) is 9.59 Å². The highest BCUT2D eigenvalue weighted by atomic mass is 16.4. The van der Waals surface area contributed by atoms with Crippen LogP contribution in [0, 0.1) is 11.3 Å². The fourth-order valence-electron chi connectivity index (χ4n) is 4.15. The molecule has 0 bridgehead atoms. The minimum absolute atomic E-state index is 0.204. The third-order valence-corrected chi connectivity index (χ3v) is 5.60. The van der Waals surface area contributed by atoms with E-state index in [1.54, 1.807) is 0 Å². The third-order valence-electron chi connectivity index (χ3n) is 5.60. The van der Waals surface area contributed by atoms with Crippen LogP contribution in [0.3, 0.4) is 0 Å². The number of unbranched alkanes of at least 4 members (excludes halogenated alkanes) is 7. The number of carboxylic acid groups (broad SMARTS) is 1. The Bertz CT molecular complexity index is 364. The van der Waals surface area contributed by atoms with Gasteiger partial charge in [0, 0.05) is 12.3 Å². The van der Waals surface area contributed by atoms with Crippen molar-refractivity contribution >= 4 is 11.8 Å². The first-order valence-corrected chi connectivity index (χ1v) is 9.84. The zero-order valence-electron chi connectivity index (χ0n) is 15.2. The first kappa shape index (κ1) is 20.2. The summed E-state index contributed by atoms with van der Waals surface area (Å²) in [6, 6.07) is 0. The van der Waals surface area contributed by atoms with Gasteiger partial charge in [-0.2, -0.15) is 0 Å². The standard InChI is InChI=1S/C20H36O3/c1-3-5-7-8-9-11-16-20(19(22)23,15-10-6-4-2)17-13-12-14-18(17)21/h17H,3-16H2,1-2H3,(H,22,23). The third kappa shape index (κ3) is 5.93. The molecule has 0 aromatic carbocycles. The van der Waals surface area contributed by atoms with Crippen molar-refractivity contribution in [2.24, 2.45) is 11.3 Å². The van der Waals surface area contributed by atoms with E-state index in [1.165, 1.54) is 25.7 Å². The molecule has 0 radical (unpaired) electrons. The van der Waals surface area contributed by atoms with Gasteiger partial charge in [0.05, 0.1) is 5.41 Å². The minimum atomic E-state index is -0.784. The molecule has 3 heteroatoms. The average Bonchev–Trinajstić information content (AvgIpc) is 2.95. The van der Waals surface area contributed by atoms with E-state index in [9.17, 15) is 14.7 Å². The summed E-state index contributed by atoms with van der Waals surface area (Å²) in [4.78, 5) is 24.4. The van der Waals surface area contributed by atoms with Gasteiger partial charge in [0.25, 0.3) is 0 Å². The lowest BCUT2D eigenvalue weighted by molar-refractivity contribution is -0.157. The molecule has 1 rings (SSSR count). The Morgan fingerprint density at radius 2 is 1.52 bits per heavy atom. The number of carbonyl (C=O) groups excluding carboxylic acids is 1. The van der Waals surface area contributed by atoms with E-state index in [0.717, 1.165) is 44.9 Å². The smallest absolute Gasteiger partial charge is 0.310 e. The average molecular weight is 325 g/mol. The monoisotopic (exact) mass is 324 g/mol. The lowest BCUT2D eigenvalue weighted by Crippen LogP contribution is -2.41. The van der Waals surface area contributed by atoms with E-state index in [2.05, 4.69) is 13.8 Å². The van der Waals surface area contributed by atoms with Crippen LogP contribution in [0.4, 0.5) is 0 Å². The highest BCUT2D eigenvalue weighted by molar-refractivity contribution is 5.89. The summed E-state index contributed by atoms with van der Waals surface area (Å²) in [6.45, 7) is 4.34. The van der Waals surface area contributed by atoms with Crippen molar-refractivity contribution in [2.45, 2.75) is 104 Å². The summed E-state index contributed by atoms with van der Waals surface area (Å²) in [7, 11) is 0. The van der Waals surface area contributed by atoms with Crippen LogP contribution in [-0.2, 0) is 9.59 Å². The molecule has 0 aliphatic heterocycles. The Balaban J connectivity index is 2.68. The number of hydrogen-bond donors (Lipinski definition) is 1. The van der Waals surface area contributed by atoms with Crippen molar-refractivity contribution in [1.82, 2.24) is 0 Å². The van der Waals surface area contributed by atoms with Gasteiger partial charge in [0.15, 0.2) is 0 Å². The zero-order chi connectivity index (χ0) is 17.1. The molecule has 23 heavy (non-hydrogen) atoms. The second-order valence-corrected chi connectivity index (χ2v) is 7.35. The summed E-state index contributed by atoms with van der Waals surface area (Å²) in [5.74, 6) is -0.746. The lowest BCUT2D eigenvalue weighted by atomic mass is 9.67. The number of ketones is 1. The molecule has 0 amide bonds. The summed E-state index contributed by atoms with van der Waals surface area (Å²) in [5.41, 5.74) is -0.784. The van der Waals surface area contributed by atoms with Crippen molar-refractivity contribution in [3.63, 3.8) is 0 Å². The number of hydrogen-bond acceptors (Lipinski definition) is 2. The van der Waals surface area contributed by atoms with Gasteiger partial charge in [-0.25, -0.2) is 0 Å². The van der Waals surface area contributed by atoms with Crippen molar-refractivity contribution < 1.29 is 14.7 Å². The molecule has 134 valence electrons. The van der Waals surface area contributed by atoms with Crippen LogP contribution in [0.5, 0.6) is 0 Å². The van der Waals surface area contributed by atoms with Gasteiger partial charge >= 0.3 is 5.97 Å². The highest BCUT2D eigenvalue weighted by Crippen LogP contribution is 2.45. The summed E-state index contributed by atoms with van der Waals surface area (Å²) in [6.07, 6.45) is 13.7. The maximum Gasteiger partial charge on any atom is 0.310 e. The minimum Gasteiger partial charge on any atom is -0.481 e. The molecule has 2 atom stereocenters. The van der Waals surface area contributed by atoms with Crippen LogP contribution in [0.25, 0.3) is 0 Å². The van der Waals surface area contributed by atoms with Gasteiger partial charge in [-0.05, 0) is 25.7 Å². The molecule has 1 N–H and O–H groups in total. The normalized spacial score (nSPS) is 20.6. The summed E-state index contributed by atoms with van der Waals surface area (Å²) in [5, 5.41) is 9.99. The SMILES string of the molecule is CCCCCCCCC(CCCCC)(C(=O)O)C1CCCC1=O. The van der Waals surface area contributed by atoms with Crippen molar-refractivity contribution in [2.75, 3.05) is 0 Å². The molecule has 1 aliphatic rings. The molecule has 0 heterocycles. The maximum absolute atomic E-state index is 12.3. The molecular formula is C20H36O3. The van der Waals surface area contributed by atoms with Crippen molar-refractivity contribution in [3.05, 3.63) is 0 Å². The Kier molecular flexibility index (Phi) is 9.50. The summed E-state index contributed by atoms with van der Waals surface area (Å²) >= 11 is 0. The molecule has 0 aromatic rings. The molecular weight excluding hydrogens is 288 g/mol. The van der Waals surface area contributed by atoms with E-state index in [1.807, 2.05) is 0 Å². The molecule has 1 aliphatic carbocycles. The molecule has 0 aromatic heterocycles. The molecule has 0 saturated heterocycles. The lowest BCUT2D eigenvalue weighted by Gasteiger charge is -2.34. The van der Waals surface area contributed by atoms with Gasteiger partial charge in [-0.15, -0.1) is 0 Å². The fourth-order valence-corrected chi connectivity index (χ4v) is 4.15. The first-order valence-electron chi connectivity index (χ1n) is 9.84. The highest BCUT2D eigenvalue weighted by Gasteiger charge is 2.49. The zero-order valence-corrected chi connectivity index (χ0v) is 15.2. The topological polar surface area (TPSA) is 54.4 Å². The van der Waals surface area contributed by atoms with E-state index in [-0.39, 0.29) is 11.7 Å². The van der Waals surface area contributed by atoms with E-state index >= 15 is 0 Å². The molecule has 1 saturated carbocycles.